The van der Waals surface area contributed by atoms with E-state index in [9.17, 15) is 4.79 Å². The third kappa shape index (κ3) is 5.30. The topological polar surface area (TPSA) is 47.6 Å². The summed E-state index contributed by atoms with van der Waals surface area (Å²) in [5.74, 6) is 1.42. The monoisotopic (exact) mass is 327 g/mol. The number of rotatable bonds is 8. The van der Waals surface area contributed by atoms with Crippen molar-refractivity contribution in [3.8, 4) is 11.5 Å². The zero-order valence-electron chi connectivity index (χ0n) is 14.5. The summed E-state index contributed by atoms with van der Waals surface area (Å²) in [6, 6.07) is 15.5. The predicted molar refractivity (Wildman–Crippen MR) is 95.3 cm³/mol. The molecule has 128 valence electrons. The van der Waals surface area contributed by atoms with Gasteiger partial charge in [0.1, 0.15) is 11.5 Å². The molecule has 0 aromatic heterocycles. The highest BCUT2D eigenvalue weighted by Crippen LogP contribution is 2.16. The minimum atomic E-state index is -0.498. The Balaban J connectivity index is 1.93. The summed E-state index contributed by atoms with van der Waals surface area (Å²) < 4.78 is 11.3. The van der Waals surface area contributed by atoms with Gasteiger partial charge in [-0.2, -0.15) is 0 Å². The Morgan fingerprint density at radius 3 is 2.54 bits per heavy atom. The first-order valence-corrected chi connectivity index (χ1v) is 8.35. The van der Waals surface area contributed by atoms with E-state index in [1.165, 1.54) is 0 Å². The molecule has 0 aliphatic rings. The van der Waals surface area contributed by atoms with Gasteiger partial charge in [-0.25, -0.2) is 0 Å². The van der Waals surface area contributed by atoms with Gasteiger partial charge >= 0.3 is 0 Å². The van der Waals surface area contributed by atoms with Crippen LogP contribution in [0.5, 0.6) is 11.5 Å². The molecule has 0 unspecified atom stereocenters. The molecule has 1 amide bonds. The van der Waals surface area contributed by atoms with Crippen molar-refractivity contribution in [1.82, 2.24) is 5.32 Å². The lowest BCUT2D eigenvalue weighted by molar-refractivity contribution is -0.128. The molecule has 0 radical (unpaired) electrons. The molecule has 0 saturated carbocycles. The number of hydrogen-bond acceptors (Lipinski definition) is 3. The standard InChI is InChI=1S/C20H25NO3/c1-4-19(24-18-11-6-8-15(3)12-18)20(22)21-14-16-9-7-10-17(13-16)23-5-2/h6-13,19H,4-5,14H2,1-3H3,(H,21,22)/t19-/m1/s1. The number of hydrogen-bond donors (Lipinski definition) is 1. The Bertz CT molecular complexity index is 669. The van der Waals surface area contributed by atoms with E-state index in [1.54, 1.807) is 0 Å². The van der Waals surface area contributed by atoms with Crippen LogP contribution in [0.25, 0.3) is 0 Å². The van der Waals surface area contributed by atoms with Gasteiger partial charge in [0.2, 0.25) is 0 Å². The molecule has 0 fully saturated rings. The van der Waals surface area contributed by atoms with Gasteiger partial charge in [-0.15, -0.1) is 0 Å². The first kappa shape index (κ1) is 17.9. The van der Waals surface area contributed by atoms with Crippen molar-refractivity contribution in [2.45, 2.75) is 39.8 Å². The number of carbonyl (C=O) groups is 1. The summed E-state index contributed by atoms with van der Waals surface area (Å²) in [5, 5.41) is 2.93. The number of ether oxygens (including phenoxy) is 2. The average molecular weight is 327 g/mol. The Kier molecular flexibility index (Phi) is 6.67. The molecule has 24 heavy (non-hydrogen) atoms. The molecule has 4 nitrogen and oxygen atoms in total. The first-order chi connectivity index (χ1) is 11.6. The molecule has 2 rings (SSSR count). The van der Waals surface area contributed by atoms with Crippen LogP contribution in [0.3, 0.4) is 0 Å². The number of nitrogens with one attached hydrogen (secondary N) is 1. The number of carbonyl (C=O) groups excluding carboxylic acids is 1. The van der Waals surface area contributed by atoms with E-state index in [-0.39, 0.29) is 5.91 Å². The number of benzene rings is 2. The zero-order valence-corrected chi connectivity index (χ0v) is 14.5. The number of amides is 1. The van der Waals surface area contributed by atoms with E-state index < -0.39 is 6.10 Å². The van der Waals surface area contributed by atoms with Gasteiger partial charge in [0.05, 0.1) is 6.61 Å². The van der Waals surface area contributed by atoms with E-state index in [4.69, 9.17) is 9.47 Å². The summed E-state index contributed by atoms with van der Waals surface area (Å²) >= 11 is 0. The summed E-state index contributed by atoms with van der Waals surface area (Å²) in [6.45, 7) is 6.96. The minimum Gasteiger partial charge on any atom is -0.494 e. The van der Waals surface area contributed by atoms with Gasteiger partial charge < -0.3 is 14.8 Å². The van der Waals surface area contributed by atoms with Crippen molar-refractivity contribution in [3.05, 3.63) is 59.7 Å². The highest BCUT2D eigenvalue weighted by molar-refractivity contribution is 5.81. The first-order valence-electron chi connectivity index (χ1n) is 8.35. The fraction of sp³-hybridized carbons (Fsp3) is 0.350. The van der Waals surface area contributed by atoms with Crippen LogP contribution in [0.1, 0.15) is 31.4 Å². The molecule has 0 aliphatic heterocycles. The molecule has 0 bridgehead atoms. The van der Waals surface area contributed by atoms with Gasteiger partial charge in [0, 0.05) is 6.54 Å². The van der Waals surface area contributed by atoms with Crippen LogP contribution in [-0.2, 0) is 11.3 Å². The Morgan fingerprint density at radius 1 is 1.08 bits per heavy atom. The molecule has 4 heteroatoms. The molecular formula is C20H25NO3. The maximum Gasteiger partial charge on any atom is 0.261 e. The summed E-state index contributed by atoms with van der Waals surface area (Å²) in [6.07, 6.45) is 0.112. The lowest BCUT2D eigenvalue weighted by atomic mass is 10.2. The van der Waals surface area contributed by atoms with Gasteiger partial charge in [-0.1, -0.05) is 31.2 Å². The van der Waals surface area contributed by atoms with Crippen molar-refractivity contribution in [3.63, 3.8) is 0 Å². The second-order valence-electron chi connectivity index (χ2n) is 5.63. The van der Waals surface area contributed by atoms with E-state index >= 15 is 0 Å². The quantitative estimate of drug-likeness (QED) is 0.801. The number of aryl methyl sites for hydroxylation is 1. The van der Waals surface area contributed by atoms with Crippen molar-refractivity contribution in [1.29, 1.82) is 0 Å². The van der Waals surface area contributed by atoms with E-state index in [0.29, 0.717) is 19.6 Å². The van der Waals surface area contributed by atoms with E-state index in [2.05, 4.69) is 5.32 Å². The maximum atomic E-state index is 12.4. The second kappa shape index (κ2) is 8.96. The van der Waals surface area contributed by atoms with Crippen molar-refractivity contribution >= 4 is 5.91 Å². The second-order valence-corrected chi connectivity index (χ2v) is 5.63. The Labute approximate surface area is 143 Å². The molecule has 1 atom stereocenters. The Hall–Kier alpha value is -2.49. The molecule has 0 spiro atoms. The van der Waals surface area contributed by atoms with Crippen LogP contribution in [0.2, 0.25) is 0 Å². The largest absolute Gasteiger partial charge is 0.494 e. The summed E-state index contributed by atoms with van der Waals surface area (Å²) in [7, 11) is 0. The Morgan fingerprint density at radius 2 is 1.83 bits per heavy atom. The molecule has 2 aromatic rings. The average Bonchev–Trinajstić information content (AvgIpc) is 2.58. The molecule has 2 aromatic carbocycles. The van der Waals surface area contributed by atoms with Gasteiger partial charge in [0.15, 0.2) is 6.10 Å². The molecule has 0 heterocycles. The third-order valence-electron chi connectivity index (χ3n) is 3.61. The molecular weight excluding hydrogens is 302 g/mol. The minimum absolute atomic E-state index is 0.110. The van der Waals surface area contributed by atoms with Crippen molar-refractivity contribution in [2.24, 2.45) is 0 Å². The van der Waals surface area contributed by atoms with Crippen LogP contribution in [0.15, 0.2) is 48.5 Å². The zero-order chi connectivity index (χ0) is 17.4. The smallest absolute Gasteiger partial charge is 0.261 e. The molecule has 1 N–H and O–H groups in total. The van der Waals surface area contributed by atoms with Crippen molar-refractivity contribution < 1.29 is 14.3 Å². The normalized spacial score (nSPS) is 11.6. The van der Waals surface area contributed by atoms with Crippen LogP contribution >= 0.6 is 0 Å². The van der Waals surface area contributed by atoms with E-state index in [1.807, 2.05) is 69.3 Å². The predicted octanol–water partition coefficient (Wildman–Crippen LogP) is 3.87. The molecule has 0 aliphatic carbocycles. The third-order valence-corrected chi connectivity index (χ3v) is 3.61. The van der Waals surface area contributed by atoms with Gasteiger partial charge in [-0.05, 0) is 55.7 Å². The highest BCUT2D eigenvalue weighted by atomic mass is 16.5. The summed E-state index contributed by atoms with van der Waals surface area (Å²) in [5.41, 5.74) is 2.11. The van der Waals surface area contributed by atoms with Crippen LogP contribution in [0, 0.1) is 6.92 Å². The van der Waals surface area contributed by atoms with Gasteiger partial charge in [0.25, 0.3) is 5.91 Å². The lowest BCUT2D eigenvalue weighted by Gasteiger charge is -2.17. The lowest BCUT2D eigenvalue weighted by Crippen LogP contribution is -2.37. The van der Waals surface area contributed by atoms with Crippen LogP contribution in [0.4, 0.5) is 0 Å². The maximum absolute atomic E-state index is 12.4. The fourth-order valence-corrected chi connectivity index (χ4v) is 2.39. The summed E-state index contributed by atoms with van der Waals surface area (Å²) in [4.78, 5) is 12.4. The van der Waals surface area contributed by atoms with Crippen molar-refractivity contribution in [2.75, 3.05) is 6.61 Å². The molecule has 0 saturated heterocycles. The fourth-order valence-electron chi connectivity index (χ4n) is 2.39. The SMILES string of the molecule is CCOc1cccc(CNC(=O)[C@@H](CC)Oc2cccc(C)c2)c1. The van der Waals surface area contributed by atoms with Crippen LogP contribution in [-0.4, -0.2) is 18.6 Å². The highest BCUT2D eigenvalue weighted by Gasteiger charge is 2.18. The van der Waals surface area contributed by atoms with Gasteiger partial charge in [-0.3, -0.25) is 4.79 Å². The van der Waals surface area contributed by atoms with E-state index in [0.717, 1.165) is 22.6 Å². The van der Waals surface area contributed by atoms with Crippen LogP contribution < -0.4 is 14.8 Å².